The Morgan fingerprint density at radius 3 is 3.20 bits per heavy atom. The van der Waals surface area contributed by atoms with Crippen molar-refractivity contribution in [1.29, 1.82) is 0 Å². The van der Waals surface area contributed by atoms with Crippen molar-refractivity contribution >= 4 is 17.6 Å². The zero-order valence-corrected chi connectivity index (χ0v) is 6.47. The van der Waals surface area contributed by atoms with Crippen molar-refractivity contribution in [3.05, 3.63) is 22.4 Å². The minimum atomic E-state index is 0.627. The Bertz CT molecular complexity index is 191. The van der Waals surface area contributed by atoms with Crippen LogP contribution < -0.4 is 5.73 Å². The van der Waals surface area contributed by atoms with Crippen molar-refractivity contribution in [3.63, 3.8) is 0 Å². The predicted molar refractivity (Wildman–Crippen MR) is 45.8 cm³/mol. The average molecular weight is 154 g/mol. The molecular formula is C7H10N2S. The molecule has 0 saturated heterocycles. The minimum Gasteiger partial charge on any atom is -0.329 e. The van der Waals surface area contributed by atoms with Crippen LogP contribution in [0.4, 0.5) is 0 Å². The zero-order valence-electron chi connectivity index (χ0n) is 5.66. The van der Waals surface area contributed by atoms with Crippen LogP contribution in [0.15, 0.2) is 22.5 Å². The molecule has 0 unspecified atom stereocenters. The van der Waals surface area contributed by atoms with Gasteiger partial charge in [0.15, 0.2) is 0 Å². The highest BCUT2D eigenvalue weighted by Gasteiger charge is 1.83. The van der Waals surface area contributed by atoms with Crippen LogP contribution in [0.1, 0.15) is 4.88 Å². The van der Waals surface area contributed by atoms with Crippen molar-refractivity contribution < 1.29 is 0 Å². The van der Waals surface area contributed by atoms with Crippen LogP contribution in [0.2, 0.25) is 0 Å². The zero-order chi connectivity index (χ0) is 7.23. The maximum Gasteiger partial charge on any atom is 0.0512 e. The molecule has 0 radical (unpaired) electrons. The standard InChI is InChI=1S/C7H10N2S/c8-3-4-9-6-7-2-1-5-10-7/h1-2,5-6H,3-4,8H2. The topological polar surface area (TPSA) is 38.4 Å². The molecule has 0 saturated carbocycles. The van der Waals surface area contributed by atoms with Gasteiger partial charge in [0, 0.05) is 17.6 Å². The van der Waals surface area contributed by atoms with E-state index >= 15 is 0 Å². The van der Waals surface area contributed by atoms with E-state index in [0.29, 0.717) is 6.54 Å². The van der Waals surface area contributed by atoms with Crippen LogP contribution in [0.5, 0.6) is 0 Å². The molecule has 0 amide bonds. The molecule has 0 atom stereocenters. The van der Waals surface area contributed by atoms with E-state index in [1.807, 2.05) is 23.7 Å². The minimum absolute atomic E-state index is 0.627. The maximum atomic E-state index is 5.26. The first-order chi connectivity index (χ1) is 4.93. The highest BCUT2D eigenvalue weighted by atomic mass is 32.1. The second-order valence-electron chi connectivity index (χ2n) is 1.84. The number of nitrogens with zero attached hydrogens (tertiary/aromatic N) is 1. The molecule has 54 valence electrons. The molecular weight excluding hydrogens is 144 g/mol. The molecule has 0 aliphatic carbocycles. The molecule has 10 heavy (non-hydrogen) atoms. The van der Waals surface area contributed by atoms with Gasteiger partial charge in [0.05, 0.1) is 6.54 Å². The molecule has 1 rings (SSSR count). The van der Waals surface area contributed by atoms with Crippen molar-refractivity contribution in [2.24, 2.45) is 10.7 Å². The summed E-state index contributed by atoms with van der Waals surface area (Å²) < 4.78 is 0. The first-order valence-electron chi connectivity index (χ1n) is 3.17. The molecule has 0 spiro atoms. The number of thiophene rings is 1. The molecule has 3 heteroatoms. The van der Waals surface area contributed by atoms with E-state index in [9.17, 15) is 0 Å². The smallest absolute Gasteiger partial charge is 0.0512 e. The first-order valence-corrected chi connectivity index (χ1v) is 4.05. The molecule has 1 heterocycles. The van der Waals surface area contributed by atoms with E-state index in [2.05, 4.69) is 4.99 Å². The van der Waals surface area contributed by atoms with Crippen LogP contribution in [0.25, 0.3) is 0 Å². The fourth-order valence-electron chi connectivity index (χ4n) is 0.594. The van der Waals surface area contributed by atoms with Crippen LogP contribution in [0.3, 0.4) is 0 Å². The van der Waals surface area contributed by atoms with Gasteiger partial charge >= 0.3 is 0 Å². The predicted octanol–water partition coefficient (Wildman–Crippen LogP) is 1.13. The van der Waals surface area contributed by atoms with Gasteiger partial charge in [0.2, 0.25) is 0 Å². The fourth-order valence-corrected chi connectivity index (χ4v) is 1.20. The van der Waals surface area contributed by atoms with E-state index in [4.69, 9.17) is 5.73 Å². The lowest BCUT2D eigenvalue weighted by Crippen LogP contribution is -2.01. The monoisotopic (exact) mass is 154 g/mol. The number of hydrogen-bond acceptors (Lipinski definition) is 3. The molecule has 1 aromatic heterocycles. The first kappa shape index (κ1) is 7.44. The number of aliphatic imine (C=N–C) groups is 1. The van der Waals surface area contributed by atoms with Gasteiger partial charge in [-0.05, 0) is 11.4 Å². The summed E-state index contributed by atoms with van der Waals surface area (Å²) in [6.45, 7) is 1.35. The Labute approximate surface area is 64.4 Å². The number of hydrogen-bond donors (Lipinski definition) is 1. The highest BCUT2D eigenvalue weighted by Crippen LogP contribution is 2.04. The second-order valence-corrected chi connectivity index (χ2v) is 2.82. The summed E-state index contributed by atoms with van der Waals surface area (Å²) in [5.41, 5.74) is 5.26. The van der Waals surface area contributed by atoms with Gasteiger partial charge < -0.3 is 5.73 Å². The Morgan fingerprint density at radius 2 is 2.60 bits per heavy atom. The lowest BCUT2D eigenvalue weighted by Gasteiger charge is -1.83. The van der Waals surface area contributed by atoms with Gasteiger partial charge in [-0.25, -0.2) is 0 Å². The van der Waals surface area contributed by atoms with Gasteiger partial charge in [0.1, 0.15) is 0 Å². The summed E-state index contributed by atoms with van der Waals surface area (Å²) in [6.07, 6.45) is 1.86. The lowest BCUT2D eigenvalue weighted by atomic mass is 10.5. The fraction of sp³-hybridized carbons (Fsp3) is 0.286. The van der Waals surface area contributed by atoms with E-state index < -0.39 is 0 Å². The average Bonchev–Trinajstić information content (AvgIpc) is 2.41. The third kappa shape index (κ3) is 2.29. The Hall–Kier alpha value is -0.670. The van der Waals surface area contributed by atoms with Gasteiger partial charge in [-0.2, -0.15) is 0 Å². The Kier molecular flexibility index (Phi) is 3.12. The highest BCUT2D eigenvalue weighted by molar-refractivity contribution is 7.11. The summed E-state index contributed by atoms with van der Waals surface area (Å²) in [5.74, 6) is 0. The van der Waals surface area contributed by atoms with E-state index in [0.717, 1.165) is 6.54 Å². The van der Waals surface area contributed by atoms with Crippen molar-refractivity contribution in [2.75, 3.05) is 13.1 Å². The second kappa shape index (κ2) is 4.19. The van der Waals surface area contributed by atoms with Gasteiger partial charge in [-0.1, -0.05) is 6.07 Å². The molecule has 0 aromatic carbocycles. The van der Waals surface area contributed by atoms with Crippen molar-refractivity contribution in [3.8, 4) is 0 Å². The van der Waals surface area contributed by atoms with Crippen LogP contribution >= 0.6 is 11.3 Å². The normalized spacial score (nSPS) is 10.9. The maximum absolute atomic E-state index is 5.26. The molecule has 2 N–H and O–H groups in total. The number of rotatable bonds is 3. The third-order valence-corrected chi connectivity index (χ3v) is 1.83. The summed E-state index contributed by atoms with van der Waals surface area (Å²) >= 11 is 1.68. The molecule has 0 bridgehead atoms. The molecule has 2 nitrogen and oxygen atoms in total. The van der Waals surface area contributed by atoms with E-state index in [1.54, 1.807) is 11.3 Å². The summed E-state index contributed by atoms with van der Waals surface area (Å²) in [7, 11) is 0. The molecule has 0 aliphatic rings. The molecule has 1 aromatic rings. The Balaban J connectivity index is 2.40. The molecule has 0 fully saturated rings. The van der Waals surface area contributed by atoms with E-state index in [1.165, 1.54) is 4.88 Å². The van der Waals surface area contributed by atoms with Crippen molar-refractivity contribution in [2.45, 2.75) is 0 Å². The quantitative estimate of drug-likeness (QED) is 0.651. The van der Waals surface area contributed by atoms with Crippen molar-refractivity contribution in [1.82, 2.24) is 0 Å². The largest absolute Gasteiger partial charge is 0.329 e. The number of nitrogens with two attached hydrogens (primary N) is 1. The lowest BCUT2D eigenvalue weighted by molar-refractivity contribution is 0.981. The summed E-state index contributed by atoms with van der Waals surface area (Å²) in [4.78, 5) is 5.28. The summed E-state index contributed by atoms with van der Waals surface area (Å²) in [5, 5.41) is 2.03. The van der Waals surface area contributed by atoms with Crippen LogP contribution in [0, 0.1) is 0 Å². The Morgan fingerprint density at radius 1 is 1.70 bits per heavy atom. The summed E-state index contributed by atoms with van der Waals surface area (Å²) in [6, 6.07) is 4.04. The van der Waals surface area contributed by atoms with Crippen LogP contribution in [-0.4, -0.2) is 19.3 Å². The third-order valence-electron chi connectivity index (χ3n) is 1.02. The van der Waals surface area contributed by atoms with Gasteiger partial charge in [-0.3, -0.25) is 4.99 Å². The van der Waals surface area contributed by atoms with Gasteiger partial charge in [-0.15, -0.1) is 11.3 Å². The van der Waals surface area contributed by atoms with Crippen LogP contribution in [-0.2, 0) is 0 Å². The molecule has 0 aliphatic heterocycles. The van der Waals surface area contributed by atoms with Gasteiger partial charge in [0.25, 0.3) is 0 Å². The van der Waals surface area contributed by atoms with E-state index in [-0.39, 0.29) is 0 Å². The SMILES string of the molecule is NCCN=Cc1cccs1.